The van der Waals surface area contributed by atoms with E-state index in [-0.39, 0.29) is 10.6 Å². The summed E-state index contributed by atoms with van der Waals surface area (Å²) in [7, 11) is 0. The second kappa shape index (κ2) is 6.12. The molecule has 0 atom stereocenters. The molecule has 1 heterocycles. The van der Waals surface area contributed by atoms with E-state index in [1.165, 1.54) is 17.4 Å². The molecule has 102 valence electrons. The number of hydrogen-bond donors (Lipinski definition) is 1. The van der Waals surface area contributed by atoms with E-state index in [1.807, 2.05) is 6.92 Å². The first-order valence-electron chi connectivity index (χ1n) is 5.80. The van der Waals surface area contributed by atoms with Crippen LogP contribution < -0.4 is 5.32 Å². The zero-order valence-electron chi connectivity index (χ0n) is 10.2. The second-order valence-electron chi connectivity index (χ2n) is 3.83. The number of benzene rings is 1. The fourth-order valence-electron chi connectivity index (χ4n) is 1.53. The lowest BCUT2D eigenvalue weighted by Crippen LogP contribution is -2.15. The van der Waals surface area contributed by atoms with Gasteiger partial charge in [0.1, 0.15) is 5.01 Å². The van der Waals surface area contributed by atoms with Crippen molar-refractivity contribution < 1.29 is 13.2 Å². The maximum absolute atomic E-state index is 13.6. The molecule has 19 heavy (non-hydrogen) atoms. The van der Waals surface area contributed by atoms with Crippen LogP contribution in [0, 0.1) is 17.5 Å². The number of rotatable bonds is 5. The highest BCUT2D eigenvalue weighted by molar-refractivity contribution is 7.14. The molecular weight excluding hydrogens is 275 g/mol. The van der Waals surface area contributed by atoms with Crippen LogP contribution >= 0.6 is 11.3 Å². The molecule has 7 heteroatoms. The number of aromatic nitrogens is 2. The van der Waals surface area contributed by atoms with E-state index in [0.29, 0.717) is 6.42 Å². The van der Waals surface area contributed by atoms with Gasteiger partial charge in [0.25, 0.3) is 0 Å². The van der Waals surface area contributed by atoms with Crippen LogP contribution in [0.3, 0.4) is 0 Å². The Bertz CT molecular complexity index is 571. The molecule has 0 aliphatic rings. The molecule has 0 spiro atoms. The Balaban J connectivity index is 2.21. The molecule has 0 amide bonds. The van der Waals surface area contributed by atoms with Gasteiger partial charge in [-0.2, -0.15) is 0 Å². The Labute approximate surface area is 112 Å². The summed E-state index contributed by atoms with van der Waals surface area (Å²) >= 11 is 1.17. The van der Waals surface area contributed by atoms with Crippen LogP contribution in [0.1, 0.15) is 11.9 Å². The lowest BCUT2D eigenvalue weighted by molar-refractivity contribution is 0.449. The van der Waals surface area contributed by atoms with Crippen LogP contribution in [0.2, 0.25) is 0 Å². The van der Waals surface area contributed by atoms with Crippen LogP contribution in [0.5, 0.6) is 0 Å². The van der Waals surface area contributed by atoms with E-state index in [0.717, 1.165) is 24.2 Å². The molecule has 0 radical (unpaired) electrons. The van der Waals surface area contributed by atoms with E-state index < -0.39 is 17.5 Å². The van der Waals surface area contributed by atoms with Crippen molar-refractivity contribution >= 4 is 11.3 Å². The molecule has 2 rings (SSSR count). The van der Waals surface area contributed by atoms with Crippen molar-refractivity contribution in [3.05, 3.63) is 34.6 Å². The first-order chi connectivity index (χ1) is 9.13. The second-order valence-corrected chi connectivity index (χ2v) is 4.89. The summed E-state index contributed by atoms with van der Waals surface area (Å²) < 4.78 is 39.5. The molecule has 0 saturated carbocycles. The van der Waals surface area contributed by atoms with Crippen molar-refractivity contribution in [3.63, 3.8) is 0 Å². The van der Waals surface area contributed by atoms with Crippen LogP contribution in [-0.2, 0) is 6.42 Å². The van der Waals surface area contributed by atoms with Gasteiger partial charge in [0.2, 0.25) is 0 Å². The minimum absolute atomic E-state index is 0.0638. The molecule has 0 aliphatic carbocycles. The highest BCUT2D eigenvalue weighted by Crippen LogP contribution is 2.28. The van der Waals surface area contributed by atoms with Crippen LogP contribution in [0.15, 0.2) is 12.1 Å². The Morgan fingerprint density at radius 1 is 1.16 bits per heavy atom. The van der Waals surface area contributed by atoms with Gasteiger partial charge < -0.3 is 5.32 Å². The van der Waals surface area contributed by atoms with E-state index in [2.05, 4.69) is 15.5 Å². The molecule has 0 unspecified atom stereocenters. The van der Waals surface area contributed by atoms with E-state index >= 15 is 0 Å². The standard InChI is InChI=1S/C12H12F3N3S/c1-2-16-6-5-9-17-18-12(19-9)7-3-4-8(13)11(15)10(7)14/h3-4,16H,2,5-6H2,1H3. The summed E-state index contributed by atoms with van der Waals surface area (Å²) in [4.78, 5) is 0. The third-order valence-electron chi connectivity index (χ3n) is 2.50. The largest absolute Gasteiger partial charge is 0.317 e. The van der Waals surface area contributed by atoms with Crippen molar-refractivity contribution in [1.82, 2.24) is 15.5 Å². The fraction of sp³-hybridized carbons (Fsp3) is 0.333. The van der Waals surface area contributed by atoms with Gasteiger partial charge in [-0.05, 0) is 18.7 Å². The molecule has 0 fully saturated rings. The van der Waals surface area contributed by atoms with Crippen LogP contribution in [-0.4, -0.2) is 23.3 Å². The molecule has 0 bridgehead atoms. The number of nitrogens with zero attached hydrogens (tertiary/aromatic N) is 2. The molecule has 1 N–H and O–H groups in total. The minimum atomic E-state index is -1.48. The summed E-state index contributed by atoms with van der Waals surface area (Å²) in [5, 5.41) is 11.8. The van der Waals surface area contributed by atoms with Crippen molar-refractivity contribution in [3.8, 4) is 10.6 Å². The fourth-order valence-corrected chi connectivity index (χ4v) is 2.38. The van der Waals surface area contributed by atoms with Crippen LogP contribution in [0.25, 0.3) is 10.6 Å². The van der Waals surface area contributed by atoms with Gasteiger partial charge >= 0.3 is 0 Å². The SMILES string of the molecule is CCNCCc1nnc(-c2ccc(F)c(F)c2F)s1. The molecule has 0 aliphatic heterocycles. The smallest absolute Gasteiger partial charge is 0.195 e. The molecular formula is C12H12F3N3S. The Hall–Kier alpha value is -1.47. The zero-order chi connectivity index (χ0) is 13.8. The number of likely N-dealkylation sites (N-methyl/N-ethyl adjacent to an activating group) is 1. The van der Waals surface area contributed by atoms with Gasteiger partial charge in [-0.3, -0.25) is 0 Å². The lowest BCUT2D eigenvalue weighted by atomic mass is 10.2. The number of halogens is 3. The first kappa shape index (κ1) is 14.0. The van der Waals surface area contributed by atoms with Crippen molar-refractivity contribution in [2.75, 3.05) is 13.1 Å². The number of hydrogen-bond acceptors (Lipinski definition) is 4. The highest BCUT2D eigenvalue weighted by atomic mass is 32.1. The molecule has 3 nitrogen and oxygen atoms in total. The summed E-state index contributed by atoms with van der Waals surface area (Å²) in [6.45, 7) is 3.58. The quantitative estimate of drug-likeness (QED) is 0.679. The van der Waals surface area contributed by atoms with E-state index in [9.17, 15) is 13.2 Å². The normalized spacial score (nSPS) is 10.9. The highest BCUT2D eigenvalue weighted by Gasteiger charge is 2.17. The van der Waals surface area contributed by atoms with Gasteiger partial charge in [0, 0.05) is 13.0 Å². The van der Waals surface area contributed by atoms with Gasteiger partial charge in [-0.25, -0.2) is 13.2 Å². The summed E-state index contributed by atoms with van der Waals surface area (Å²) in [5.41, 5.74) is -0.0638. The molecule has 1 aromatic heterocycles. The maximum atomic E-state index is 13.6. The Kier molecular flexibility index (Phi) is 4.49. The van der Waals surface area contributed by atoms with Crippen molar-refractivity contribution in [2.45, 2.75) is 13.3 Å². The van der Waals surface area contributed by atoms with Crippen molar-refractivity contribution in [2.24, 2.45) is 0 Å². The van der Waals surface area contributed by atoms with Crippen LogP contribution in [0.4, 0.5) is 13.2 Å². The average Bonchev–Trinajstić information content (AvgIpc) is 2.85. The third-order valence-corrected chi connectivity index (χ3v) is 3.51. The summed E-state index contributed by atoms with van der Waals surface area (Å²) in [6, 6.07) is 2.05. The average molecular weight is 287 g/mol. The Morgan fingerprint density at radius 2 is 1.95 bits per heavy atom. The monoisotopic (exact) mass is 287 g/mol. The maximum Gasteiger partial charge on any atom is 0.195 e. The third kappa shape index (κ3) is 3.10. The zero-order valence-corrected chi connectivity index (χ0v) is 11.0. The van der Waals surface area contributed by atoms with Crippen molar-refractivity contribution in [1.29, 1.82) is 0 Å². The molecule has 2 aromatic rings. The Morgan fingerprint density at radius 3 is 2.68 bits per heavy atom. The first-order valence-corrected chi connectivity index (χ1v) is 6.62. The summed E-state index contributed by atoms with van der Waals surface area (Å²) in [6.07, 6.45) is 0.663. The van der Waals surface area contributed by atoms with Gasteiger partial charge in [-0.1, -0.05) is 18.3 Å². The lowest BCUT2D eigenvalue weighted by Gasteiger charge is -2.00. The van der Waals surface area contributed by atoms with Gasteiger partial charge in [0.05, 0.1) is 5.56 Å². The number of nitrogens with one attached hydrogen (secondary N) is 1. The van der Waals surface area contributed by atoms with Gasteiger partial charge in [0.15, 0.2) is 22.5 Å². The topological polar surface area (TPSA) is 37.8 Å². The predicted octanol–water partition coefficient (Wildman–Crippen LogP) is 2.77. The van der Waals surface area contributed by atoms with E-state index in [4.69, 9.17) is 0 Å². The van der Waals surface area contributed by atoms with Gasteiger partial charge in [-0.15, -0.1) is 10.2 Å². The predicted molar refractivity (Wildman–Crippen MR) is 67.5 cm³/mol. The van der Waals surface area contributed by atoms with E-state index in [1.54, 1.807) is 0 Å². The molecule has 1 aromatic carbocycles. The summed E-state index contributed by atoms with van der Waals surface area (Å²) in [5.74, 6) is -3.92. The molecule has 0 saturated heterocycles. The minimum Gasteiger partial charge on any atom is -0.317 e.